The maximum atomic E-state index is 12.0. The standard InChI is InChI=1S/C20H26N4O2S/c1-13(18(26)24(5)6)21-11-17(25)23-19-22-16(12-27-19)14-7-9-15(10-8-14)20(2,3)4/h7-10,12,21H,1,11H2,2-6H3,(H,22,23,25). The largest absolute Gasteiger partial charge is 0.372 e. The average Bonchev–Trinajstić information content (AvgIpc) is 3.06. The summed E-state index contributed by atoms with van der Waals surface area (Å²) in [6, 6.07) is 8.29. The molecule has 0 spiro atoms. The van der Waals surface area contributed by atoms with Crippen molar-refractivity contribution in [2.45, 2.75) is 26.2 Å². The quantitative estimate of drug-likeness (QED) is 0.748. The van der Waals surface area contributed by atoms with E-state index >= 15 is 0 Å². The molecular formula is C20H26N4O2S. The van der Waals surface area contributed by atoms with Gasteiger partial charge in [-0.2, -0.15) is 0 Å². The first kappa shape index (κ1) is 20.6. The molecule has 144 valence electrons. The normalized spacial score (nSPS) is 11.0. The van der Waals surface area contributed by atoms with Gasteiger partial charge in [0.05, 0.1) is 17.9 Å². The molecule has 1 aromatic carbocycles. The summed E-state index contributed by atoms with van der Waals surface area (Å²) in [5.41, 5.74) is 3.35. The molecule has 1 aromatic heterocycles. The lowest BCUT2D eigenvalue weighted by molar-refractivity contribution is -0.125. The molecule has 6 nitrogen and oxygen atoms in total. The molecule has 7 heteroatoms. The Labute approximate surface area is 164 Å². The smallest absolute Gasteiger partial charge is 0.268 e. The Bertz CT molecular complexity index is 832. The van der Waals surface area contributed by atoms with E-state index in [0.29, 0.717) is 5.13 Å². The first-order valence-electron chi connectivity index (χ1n) is 8.58. The molecule has 27 heavy (non-hydrogen) atoms. The first-order chi connectivity index (χ1) is 12.6. The number of anilines is 1. The zero-order valence-electron chi connectivity index (χ0n) is 16.4. The van der Waals surface area contributed by atoms with Crippen LogP contribution in [-0.2, 0) is 15.0 Å². The number of thiazole rings is 1. The van der Waals surface area contributed by atoms with Crippen molar-refractivity contribution in [3.8, 4) is 11.3 Å². The molecular weight excluding hydrogens is 360 g/mol. The molecule has 0 radical (unpaired) electrons. The molecule has 1 heterocycles. The fourth-order valence-corrected chi connectivity index (χ4v) is 3.04. The lowest BCUT2D eigenvalue weighted by Gasteiger charge is -2.18. The Morgan fingerprint density at radius 1 is 1.19 bits per heavy atom. The van der Waals surface area contributed by atoms with Crippen LogP contribution in [0.1, 0.15) is 26.3 Å². The van der Waals surface area contributed by atoms with Crippen LogP contribution in [0.4, 0.5) is 5.13 Å². The fraction of sp³-hybridized carbons (Fsp3) is 0.350. The topological polar surface area (TPSA) is 74.3 Å². The maximum absolute atomic E-state index is 12.0. The molecule has 2 aromatic rings. The molecule has 0 aliphatic carbocycles. The van der Waals surface area contributed by atoms with E-state index in [-0.39, 0.29) is 29.5 Å². The van der Waals surface area contributed by atoms with Gasteiger partial charge >= 0.3 is 0 Å². The number of nitrogens with zero attached hydrogens (tertiary/aromatic N) is 2. The molecule has 2 N–H and O–H groups in total. The van der Waals surface area contributed by atoms with Crippen molar-refractivity contribution in [3.05, 3.63) is 47.5 Å². The van der Waals surface area contributed by atoms with Gasteiger partial charge < -0.3 is 15.5 Å². The van der Waals surface area contributed by atoms with E-state index in [2.05, 4.69) is 55.1 Å². The van der Waals surface area contributed by atoms with E-state index in [1.165, 1.54) is 21.8 Å². The second-order valence-corrected chi connectivity index (χ2v) is 8.30. The summed E-state index contributed by atoms with van der Waals surface area (Å²) in [7, 11) is 3.25. The van der Waals surface area contributed by atoms with Crippen LogP contribution in [-0.4, -0.2) is 42.3 Å². The van der Waals surface area contributed by atoms with Gasteiger partial charge in [-0.05, 0) is 11.0 Å². The van der Waals surface area contributed by atoms with Gasteiger partial charge in [-0.25, -0.2) is 4.98 Å². The molecule has 0 aliphatic heterocycles. The first-order valence-corrected chi connectivity index (χ1v) is 9.46. The SMILES string of the molecule is C=C(NCC(=O)Nc1nc(-c2ccc(C(C)(C)C)cc2)cs1)C(=O)N(C)C. The van der Waals surface area contributed by atoms with Crippen molar-refractivity contribution >= 4 is 28.3 Å². The molecule has 0 unspecified atom stereocenters. The molecule has 2 rings (SSSR count). The van der Waals surface area contributed by atoms with Crippen molar-refractivity contribution in [1.29, 1.82) is 0 Å². The van der Waals surface area contributed by atoms with Gasteiger partial charge in [0.1, 0.15) is 0 Å². The van der Waals surface area contributed by atoms with Gasteiger partial charge in [0.25, 0.3) is 5.91 Å². The van der Waals surface area contributed by atoms with Crippen LogP contribution in [0, 0.1) is 0 Å². The summed E-state index contributed by atoms with van der Waals surface area (Å²) in [6.07, 6.45) is 0. The van der Waals surface area contributed by atoms with Gasteiger partial charge in [-0.15, -0.1) is 11.3 Å². The van der Waals surface area contributed by atoms with E-state index in [1.807, 2.05) is 17.5 Å². The van der Waals surface area contributed by atoms with Crippen molar-refractivity contribution in [2.24, 2.45) is 0 Å². The third kappa shape index (κ3) is 5.65. The number of nitrogens with one attached hydrogen (secondary N) is 2. The van der Waals surface area contributed by atoms with Crippen molar-refractivity contribution in [2.75, 3.05) is 26.0 Å². The number of aromatic nitrogens is 1. The predicted molar refractivity (Wildman–Crippen MR) is 111 cm³/mol. The van der Waals surface area contributed by atoms with Gasteiger partial charge in [-0.3, -0.25) is 9.59 Å². The molecule has 0 fully saturated rings. The van der Waals surface area contributed by atoms with Gasteiger partial charge in [0, 0.05) is 25.0 Å². The Hall–Kier alpha value is -2.67. The number of rotatable bonds is 6. The predicted octanol–water partition coefficient (Wildman–Crippen LogP) is 3.24. The minimum absolute atomic E-state index is 0.0480. The Morgan fingerprint density at radius 3 is 2.37 bits per heavy atom. The number of hydrogen-bond acceptors (Lipinski definition) is 5. The summed E-state index contributed by atoms with van der Waals surface area (Å²) in [4.78, 5) is 29.6. The molecule has 0 saturated heterocycles. The van der Waals surface area contributed by atoms with E-state index in [9.17, 15) is 9.59 Å². The van der Waals surface area contributed by atoms with Crippen LogP contribution in [0.15, 0.2) is 41.9 Å². The molecule has 0 bridgehead atoms. The van der Waals surface area contributed by atoms with Crippen LogP contribution in [0.2, 0.25) is 0 Å². The zero-order valence-corrected chi connectivity index (χ0v) is 17.2. The van der Waals surface area contributed by atoms with E-state index < -0.39 is 0 Å². The van der Waals surface area contributed by atoms with Crippen LogP contribution in [0.25, 0.3) is 11.3 Å². The lowest BCUT2D eigenvalue weighted by Crippen LogP contribution is -2.34. The van der Waals surface area contributed by atoms with Gasteiger partial charge in [0.2, 0.25) is 5.91 Å². The average molecular weight is 387 g/mol. The maximum Gasteiger partial charge on any atom is 0.268 e. The number of benzene rings is 1. The summed E-state index contributed by atoms with van der Waals surface area (Å²) in [5.74, 6) is -0.551. The van der Waals surface area contributed by atoms with E-state index in [4.69, 9.17) is 0 Å². The fourth-order valence-electron chi connectivity index (χ4n) is 2.30. The third-order valence-corrected chi connectivity index (χ3v) is 4.68. The Kier molecular flexibility index (Phi) is 6.38. The highest BCUT2D eigenvalue weighted by atomic mass is 32.1. The molecule has 0 saturated carbocycles. The highest BCUT2D eigenvalue weighted by Crippen LogP contribution is 2.28. The minimum atomic E-state index is -0.285. The van der Waals surface area contributed by atoms with Crippen molar-refractivity contribution < 1.29 is 9.59 Å². The third-order valence-electron chi connectivity index (χ3n) is 3.92. The molecule has 2 amide bonds. The van der Waals surface area contributed by atoms with Crippen molar-refractivity contribution in [3.63, 3.8) is 0 Å². The van der Waals surface area contributed by atoms with Crippen LogP contribution >= 0.6 is 11.3 Å². The zero-order chi connectivity index (χ0) is 20.2. The summed E-state index contributed by atoms with van der Waals surface area (Å²) < 4.78 is 0. The van der Waals surface area contributed by atoms with Crippen LogP contribution < -0.4 is 10.6 Å². The number of likely N-dealkylation sites (N-methyl/N-ethyl adjacent to an activating group) is 1. The summed E-state index contributed by atoms with van der Waals surface area (Å²) in [6.45, 7) is 10.1. The number of amides is 2. The highest BCUT2D eigenvalue weighted by molar-refractivity contribution is 7.14. The van der Waals surface area contributed by atoms with Crippen LogP contribution in [0.3, 0.4) is 0 Å². The van der Waals surface area contributed by atoms with E-state index in [1.54, 1.807) is 14.1 Å². The molecule has 0 aliphatic rings. The van der Waals surface area contributed by atoms with E-state index in [0.717, 1.165) is 11.3 Å². The highest BCUT2D eigenvalue weighted by Gasteiger charge is 2.14. The van der Waals surface area contributed by atoms with Crippen LogP contribution in [0.5, 0.6) is 0 Å². The minimum Gasteiger partial charge on any atom is -0.372 e. The molecule has 0 atom stereocenters. The summed E-state index contributed by atoms with van der Waals surface area (Å²) in [5, 5.41) is 7.87. The van der Waals surface area contributed by atoms with Crippen molar-refractivity contribution in [1.82, 2.24) is 15.2 Å². The summed E-state index contributed by atoms with van der Waals surface area (Å²) >= 11 is 1.36. The number of carbonyl (C=O) groups excluding carboxylic acids is 2. The number of hydrogen-bond donors (Lipinski definition) is 2. The van der Waals surface area contributed by atoms with Gasteiger partial charge in [0.15, 0.2) is 5.13 Å². The Morgan fingerprint density at radius 2 is 1.81 bits per heavy atom. The number of carbonyl (C=O) groups is 2. The lowest BCUT2D eigenvalue weighted by atomic mass is 9.86. The second kappa shape index (κ2) is 8.35. The second-order valence-electron chi connectivity index (χ2n) is 7.45. The Balaban J connectivity index is 1.95. The van der Waals surface area contributed by atoms with Gasteiger partial charge in [-0.1, -0.05) is 51.6 Å². The monoisotopic (exact) mass is 386 g/mol.